The molecule has 1 aromatic heterocycles. The molecule has 0 saturated carbocycles. The highest BCUT2D eigenvalue weighted by Crippen LogP contribution is 2.31. The second kappa shape index (κ2) is 7.37. The summed E-state index contributed by atoms with van der Waals surface area (Å²) in [5.41, 5.74) is 7.07. The number of methoxy groups -OCH3 is 1. The first-order chi connectivity index (χ1) is 13.1. The number of hydrogen-bond donors (Lipinski definition) is 0. The molecule has 27 heavy (non-hydrogen) atoms. The summed E-state index contributed by atoms with van der Waals surface area (Å²) in [4.78, 5) is 4.76. The number of benzene rings is 3. The van der Waals surface area contributed by atoms with Crippen molar-refractivity contribution < 1.29 is 4.74 Å². The first-order valence-corrected chi connectivity index (χ1v) is 9.74. The fourth-order valence-corrected chi connectivity index (χ4v) is 4.11. The quantitative estimate of drug-likeness (QED) is 0.370. The normalized spacial score (nSPS) is 11.4. The van der Waals surface area contributed by atoms with Gasteiger partial charge in [-0.15, -0.1) is 11.3 Å². The van der Waals surface area contributed by atoms with Crippen molar-refractivity contribution in [1.29, 1.82) is 0 Å². The summed E-state index contributed by atoms with van der Waals surface area (Å²) < 4.78 is 6.51. The number of thiazole rings is 1. The molecule has 0 aliphatic heterocycles. The van der Waals surface area contributed by atoms with E-state index in [9.17, 15) is 0 Å². The Morgan fingerprint density at radius 3 is 2.44 bits per heavy atom. The Hall–Kier alpha value is -2.91. The highest BCUT2D eigenvalue weighted by molar-refractivity contribution is 7.21. The van der Waals surface area contributed by atoms with E-state index in [1.54, 1.807) is 18.4 Å². The molecule has 4 aromatic rings. The molecule has 0 radical (unpaired) electrons. The molecule has 2 nitrogen and oxygen atoms in total. The average molecular weight is 372 g/mol. The minimum Gasteiger partial charge on any atom is -0.497 e. The van der Waals surface area contributed by atoms with Crippen molar-refractivity contribution in [2.24, 2.45) is 0 Å². The lowest BCUT2D eigenvalue weighted by Gasteiger charge is -2.04. The lowest BCUT2D eigenvalue weighted by atomic mass is 10.1. The van der Waals surface area contributed by atoms with Crippen molar-refractivity contribution in [2.75, 3.05) is 7.11 Å². The zero-order valence-corrected chi connectivity index (χ0v) is 16.5. The number of aryl methyl sites for hydroxylation is 2. The summed E-state index contributed by atoms with van der Waals surface area (Å²) in [6.45, 7) is 4.21. The third-order valence-corrected chi connectivity index (χ3v) is 5.70. The van der Waals surface area contributed by atoms with Crippen molar-refractivity contribution >= 4 is 33.7 Å². The predicted octanol–water partition coefficient (Wildman–Crippen LogP) is 6.76. The van der Waals surface area contributed by atoms with Crippen molar-refractivity contribution in [1.82, 2.24) is 4.98 Å². The number of hydrogen-bond acceptors (Lipinski definition) is 3. The molecule has 134 valence electrons. The van der Waals surface area contributed by atoms with Crippen molar-refractivity contribution in [3.05, 3.63) is 82.9 Å². The molecule has 0 amide bonds. The van der Waals surface area contributed by atoms with Gasteiger partial charge in [-0.1, -0.05) is 48.6 Å². The Bertz CT molecular complexity index is 1120. The molecule has 0 unspecified atom stereocenters. The van der Waals surface area contributed by atoms with Crippen LogP contribution < -0.4 is 4.74 Å². The van der Waals surface area contributed by atoms with Crippen LogP contribution in [0.3, 0.4) is 0 Å². The summed E-state index contributed by atoms with van der Waals surface area (Å²) in [6.07, 6.45) is 4.28. The van der Waals surface area contributed by atoms with Gasteiger partial charge in [-0.05, 0) is 60.4 Å². The van der Waals surface area contributed by atoms with Crippen LogP contribution in [0.25, 0.3) is 32.9 Å². The average Bonchev–Trinajstić information content (AvgIpc) is 3.10. The number of rotatable bonds is 4. The fourth-order valence-electron chi connectivity index (χ4n) is 3.04. The van der Waals surface area contributed by atoms with Crippen molar-refractivity contribution in [2.45, 2.75) is 13.8 Å². The second-order valence-electron chi connectivity index (χ2n) is 6.67. The predicted molar refractivity (Wildman–Crippen MR) is 116 cm³/mol. The van der Waals surface area contributed by atoms with Gasteiger partial charge in [0.15, 0.2) is 0 Å². The second-order valence-corrected chi connectivity index (χ2v) is 7.70. The maximum atomic E-state index is 5.27. The van der Waals surface area contributed by atoms with Crippen LogP contribution in [0.2, 0.25) is 0 Å². The van der Waals surface area contributed by atoms with Gasteiger partial charge < -0.3 is 4.74 Å². The van der Waals surface area contributed by atoms with Crippen LogP contribution in [0.4, 0.5) is 0 Å². The standard InChI is InChI=1S/C24H21NOS/c1-16-4-13-22-23(14-16)27-24(25-22)20-9-6-18(7-10-20)5-8-19-11-12-21(26-3)15-17(19)2/h4-15H,1-3H3/b8-5+. The van der Waals surface area contributed by atoms with Crippen LogP contribution in [-0.4, -0.2) is 12.1 Å². The van der Waals surface area contributed by atoms with Gasteiger partial charge in [-0.2, -0.15) is 0 Å². The highest BCUT2D eigenvalue weighted by atomic mass is 32.1. The first kappa shape index (κ1) is 17.5. The maximum Gasteiger partial charge on any atom is 0.124 e. The Morgan fingerprint density at radius 1 is 0.889 bits per heavy atom. The first-order valence-electron chi connectivity index (χ1n) is 8.93. The minimum absolute atomic E-state index is 0.889. The number of ether oxygens (including phenoxy) is 1. The molecule has 0 atom stereocenters. The van der Waals surface area contributed by atoms with E-state index in [-0.39, 0.29) is 0 Å². The van der Waals surface area contributed by atoms with E-state index in [1.807, 2.05) is 6.07 Å². The minimum atomic E-state index is 0.889. The van der Waals surface area contributed by atoms with Gasteiger partial charge in [0.2, 0.25) is 0 Å². The molecular formula is C24H21NOS. The van der Waals surface area contributed by atoms with Gasteiger partial charge in [-0.3, -0.25) is 0 Å². The van der Waals surface area contributed by atoms with Gasteiger partial charge in [0.25, 0.3) is 0 Å². The summed E-state index contributed by atoms with van der Waals surface area (Å²) in [5, 5.41) is 1.07. The zero-order valence-electron chi connectivity index (χ0n) is 15.7. The SMILES string of the molecule is COc1ccc(/C=C/c2ccc(-c3nc4ccc(C)cc4s3)cc2)c(C)c1. The van der Waals surface area contributed by atoms with Crippen LogP contribution in [0.15, 0.2) is 60.7 Å². The molecule has 0 aliphatic rings. The van der Waals surface area contributed by atoms with Gasteiger partial charge >= 0.3 is 0 Å². The molecule has 0 fully saturated rings. The lowest BCUT2D eigenvalue weighted by molar-refractivity contribution is 0.414. The molecule has 0 bridgehead atoms. The van der Waals surface area contributed by atoms with Gasteiger partial charge in [-0.25, -0.2) is 4.98 Å². The Labute approximate surface area is 163 Å². The zero-order chi connectivity index (χ0) is 18.8. The monoisotopic (exact) mass is 371 g/mol. The highest BCUT2D eigenvalue weighted by Gasteiger charge is 2.06. The molecule has 4 rings (SSSR count). The molecule has 1 heterocycles. The van der Waals surface area contributed by atoms with Crippen molar-refractivity contribution in [3.8, 4) is 16.3 Å². The molecule has 3 heteroatoms. The Balaban J connectivity index is 1.56. The Morgan fingerprint density at radius 2 is 1.70 bits per heavy atom. The summed E-state index contributed by atoms with van der Waals surface area (Å²) in [7, 11) is 1.69. The third-order valence-electron chi connectivity index (χ3n) is 4.63. The maximum absolute atomic E-state index is 5.27. The van der Waals surface area contributed by atoms with E-state index in [1.165, 1.54) is 27.0 Å². The summed E-state index contributed by atoms with van der Waals surface area (Å²) >= 11 is 1.75. The summed E-state index contributed by atoms with van der Waals surface area (Å²) in [6, 6.07) is 21.1. The Kier molecular flexibility index (Phi) is 4.78. The molecule has 0 spiro atoms. The van der Waals surface area contributed by atoms with Gasteiger partial charge in [0.1, 0.15) is 10.8 Å². The van der Waals surface area contributed by atoms with E-state index >= 15 is 0 Å². The topological polar surface area (TPSA) is 22.1 Å². The van der Waals surface area contributed by atoms with E-state index in [0.29, 0.717) is 0 Å². The van der Waals surface area contributed by atoms with E-state index < -0.39 is 0 Å². The largest absolute Gasteiger partial charge is 0.497 e. The van der Waals surface area contributed by atoms with E-state index in [2.05, 4.69) is 80.6 Å². The fraction of sp³-hybridized carbons (Fsp3) is 0.125. The molecular weight excluding hydrogens is 350 g/mol. The smallest absolute Gasteiger partial charge is 0.124 e. The van der Waals surface area contributed by atoms with Gasteiger partial charge in [0.05, 0.1) is 17.3 Å². The summed E-state index contributed by atoms with van der Waals surface area (Å²) in [5.74, 6) is 0.889. The van der Waals surface area contributed by atoms with E-state index in [0.717, 1.165) is 21.8 Å². The van der Waals surface area contributed by atoms with Crippen LogP contribution in [0.5, 0.6) is 5.75 Å². The van der Waals surface area contributed by atoms with Crippen molar-refractivity contribution in [3.63, 3.8) is 0 Å². The molecule has 0 saturated heterocycles. The van der Waals surface area contributed by atoms with E-state index in [4.69, 9.17) is 9.72 Å². The van der Waals surface area contributed by atoms with Crippen LogP contribution >= 0.6 is 11.3 Å². The third kappa shape index (κ3) is 3.79. The molecule has 3 aromatic carbocycles. The molecule has 0 aliphatic carbocycles. The lowest BCUT2D eigenvalue weighted by Crippen LogP contribution is -1.86. The number of nitrogens with zero attached hydrogens (tertiary/aromatic N) is 1. The van der Waals surface area contributed by atoms with Gasteiger partial charge in [0, 0.05) is 5.56 Å². The van der Waals surface area contributed by atoms with Crippen LogP contribution in [0.1, 0.15) is 22.3 Å². The number of aromatic nitrogens is 1. The van der Waals surface area contributed by atoms with Crippen LogP contribution in [-0.2, 0) is 0 Å². The number of fused-ring (bicyclic) bond motifs is 1. The van der Waals surface area contributed by atoms with Crippen LogP contribution in [0, 0.1) is 13.8 Å². The molecule has 0 N–H and O–H groups in total.